The first-order chi connectivity index (χ1) is 5.97. The third kappa shape index (κ3) is 1.74. The lowest BCUT2D eigenvalue weighted by molar-refractivity contribution is 0.528. The van der Waals surface area contributed by atoms with Gasteiger partial charge < -0.3 is 10.6 Å². The number of piperidine rings is 2. The van der Waals surface area contributed by atoms with Gasteiger partial charge in [-0.2, -0.15) is 0 Å². The van der Waals surface area contributed by atoms with Crippen molar-refractivity contribution in [3.63, 3.8) is 0 Å². The third-order valence-electron chi connectivity index (χ3n) is 2.75. The molecule has 12 heavy (non-hydrogen) atoms. The molecule has 2 saturated heterocycles. The summed E-state index contributed by atoms with van der Waals surface area (Å²) in [5.74, 6) is 0. The second-order valence-corrected chi connectivity index (χ2v) is 3.72. The maximum absolute atomic E-state index is 3.51. The molecule has 0 radical (unpaired) electrons. The minimum absolute atomic E-state index is 1.18. The molecule has 68 valence electrons. The van der Waals surface area contributed by atoms with Crippen molar-refractivity contribution < 1.29 is 0 Å². The Hall–Kier alpha value is -0.660. The van der Waals surface area contributed by atoms with Gasteiger partial charge in [-0.05, 0) is 38.5 Å². The number of rotatable bonds is 0. The first-order valence-corrected chi connectivity index (χ1v) is 5.16. The highest BCUT2D eigenvalue weighted by Gasteiger charge is 2.12. The van der Waals surface area contributed by atoms with Crippen molar-refractivity contribution >= 4 is 0 Å². The molecule has 2 nitrogen and oxygen atoms in total. The first-order valence-electron chi connectivity index (χ1n) is 5.16. The van der Waals surface area contributed by atoms with Gasteiger partial charge in [0.15, 0.2) is 0 Å². The van der Waals surface area contributed by atoms with E-state index in [-0.39, 0.29) is 0 Å². The summed E-state index contributed by atoms with van der Waals surface area (Å²) in [6.07, 6.45) is 7.96. The maximum atomic E-state index is 3.51. The van der Waals surface area contributed by atoms with Crippen LogP contribution in [0.5, 0.6) is 0 Å². The molecule has 2 rings (SSSR count). The van der Waals surface area contributed by atoms with Gasteiger partial charge in [-0.25, -0.2) is 0 Å². The van der Waals surface area contributed by atoms with Crippen molar-refractivity contribution in [2.24, 2.45) is 0 Å². The smallest absolute Gasteiger partial charge is 0.0299 e. The second-order valence-electron chi connectivity index (χ2n) is 3.72. The number of allylic oxidation sites excluding steroid dienone is 2. The summed E-state index contributed by atoms with van der Waals surface area (Å²) in [5, 5.41) is 7.01. The average Bonchev–Trinajstić information content (AvgIpc) is 2.21. The van der Waals surface area contributed by atoms with E-state index in [0.29, 0.717) is 0 Å². The Labute approximate surface area is 74.4 Å². The van der Waals surface area contributed by atoms with E-state index >= 15 is 0 Å². The molecule has 0 unspecified atom stereocenters. The fraction of sp³-hybridized carbons (Fsp3) is 0.800. The summed E-state index contributed by atoms with van der Waals surface area (Å²) >= 11 is 0. The van der Waals surface area contributed by atoms with E-state index in [1.54, 1.807) is 0 Å². The summed E-state index contributed by atoms with van der Waals surface area (Å²) in [7, 11) is 0. The fourth-order valence-corrected chi connectivity index (χ4v) is 2.02. The molecule has 0 aromatic heterocycles. The Bertz CT molecular complexity index is 148. The van der Waals surface area contributed by atoms with Crippen LogP contribution >= 0.6 is 0 Å². The Morgan fingerprint density at radius 2 is 1.17 bits per heavy atom. The van der Waals surface area contributed by atoms with Gasteiger partial charge in [0.25, 0.3) is 0 Å². The SMILES string of the molecule is C1CC/C(=C2\CCCCN2)NC1. The van der Waals surface area contributed by atoms with E-state index in [1.807, 2.05) is 0 Å². The molecular formula is C10H18N2. The molecule has 2 aliphatic rings. The van der Waals surface area contributed by atoms with Gasteiger partial charge in [-0.3, -0.25) is 0 Å². The van der Waals surface area contributed by atoms with Gasteiger partial charge in [-0.1, -0.05) is 0 Å². The van der Waals surface area contributed by atoms with Crippen LogP contribution in [0.3, 0.4) is 0 Å². The summed E-state index contributed by atoms with van der Waals surface area (Å²) in [4.78, 5) is 0. The molecule has 0 aromatic carbocycles. The lowest BCUT2D eigenvalue weighted by atomic mass is 10.0. The van der Waals surface area contributed by atoms with Crippen LogP contribution in [-0.4, -0.2) is 13.1 Å². The molecule has 0 saturated carbocycles. The Morgan fingerprint density at radius 1 is 0.667 bits per heavy atom. The lowest BCUT2D eigenvalue weighted by Gasteiger charge is -2.25. The molecule has 0 amide bonds. The predicted molar refractivity (Wildman–Crippen MR) is 50.7 cm³/mol. The van der Waals surface area contributed by atoms with Crippen LogP contribution in [0.25, 0.3) is 0 Å². The Kier molecular flexibility index (Phi) is 2.54. The fourth-order valence-electron chi connectivity index (χ4n) is 2.02. The monoisotopic (exact) mass is 166 g/mol. The molecule has 2 fully saturated rings. The van der Waals surface area contributed by atoms with Crippen molar-refractivity contribution in [3.8, 4) is 0 Å². The van der Waals surface area contributed by atoms with Gasteiger partial charge in [0.1, 0.15) is 0 Å². The van der Waals surface area contributed by atoms with E-state index < -0.39 is 0 Å². The zero-order chi connectivity index (χ0) is 8.23. The van der Waals surface area contributed by atoms with E-state index in [9.17, 15) is 0 Å². The average molecular weight is 166 g/mol. The highest BCUT2D eigenvalue weighted by Crippen LogP contribution is 2.19. The highest BCUT2D eigenvalue weighted by molar-refractivity contribution is 5.13. The zero-order valence-electron chi connectivity index (χ0n) is 7.66. The van der Waals surface area contributed by atoms with Crippen LogP contribution in [0.2, 0.25) is 0 Å². The molecule has 0 aliphatic carbocycles. The Morgan fingerprint density at radius 3 is 1.50 bits per heavy atom. The normalized spacial score (nSPS) is 30.7. The van der Waals surface area contributed by atoms with Crippen LogP contribution in [0.1, 0.15) is 38.5 Å². The third-order valence-corrected chi connectivity index (χ3v) is 2.75. The molecule has 2 aliphatic heterocycles. The largest absolute Gasteiger partial charge is 0.387 e. The number of nitrogens with one attached hydrogen (secondary N) is 2. The van der Waals surface area contributed by atoms with E-state index in [0.717, 1.165) is 0 Å². The molecule has 2 heterocycles. The molecule has 0 bridgehead atoms. The van der Waals surface area contributed by atoms with Crippen molar-refractivity contribution in [2.45, 2.75) is 38.5 Å². The molecular weight excluding hydrogens is 148 g/mol. The summed E-state index contributed by atoms with van der Waals surface area (Å²) in [6.45, 7) is 2.36. The van der Waals surface area contributed by atoms with Gasteiger partial charge in [0, 0.05) is 24.5 Å². The minimum atomic E-state index is 1.18. The zero-order valence-corrected chi connectivity index (χ0v) is 7.66. The molecule has 0 aromatic rings. The summed E-state index contributed by atoms with van der Waals surface area (Å²) in [6, 6.07) is 0. The number of hydrogen-bond acceptors (Lipinski definition) is 2. The van der Waals surface area contributed by atoms with Crippen LogP contribution < -0.4 is 10.6 Å². The summed E-state index contributed by atoms with van der Waals surface area (Å²) < 4.78 is 0. The molecule has 2 heteroatoms. The van der Waals surface area contributed by atoms with Crippen molar-refractivity contribution in [2.75, 3.05) is 13.1 Å². The van der Waals surface area contributed by atoms with E-state index in [2.05, 4.69) is 10.6 Å². The minimum Gasteiger partial charge on any atom is -0.387 e. The standard InChI is InChI=1S/C10H18N2/c1-3-7-11-9(5-1)10-6-2-4-8-12-10/h11-12H,1-8H2/b10-9-. The van der Waals surface area contributed by atoms with Crippen molar-refractivity contribution in [1.82, 2.24) is 10.6 Å². The first kappa shape index (κ1) is 7.96. The van der Waals surface area contributed by atoms with E-state index in [4.69, 9.17) is 0 Å². The van der Waals surface area contributed by atoms with Crippen molar-refractivity contribution in [1.29, 1.82) is 0 Å². The van der Waals surface area contributed by atoms with Crippen LogP contribution in [-0.2, 0) is 0 Å². The van der Waals surface area contributed by atoms with Gasteiger partial charge in [-0.15, -0.1) is 0 Å². The quantitative estimate of drug-likeness (QED) is 0.573. The topological polar surface area (TPSA) is 24.1 Å². The van der Waals surface area contributed by atoms with Crippen LogP contribution in [0.4, 0.5) is 0 Å². The van der Waals surface area contributed by atoms with Gasteiger partial charge >= 0.3 is 0 Å². The second kappa shape index (κ2) is 3.83. The van der Waals surface area contributed by atoms with Gasteiger partial charge in [0.05, 0.1) is 0 Å². The molecule has 0 spiro atoms. The number of hydrogen-bond donors (Lipinski definition) is 2. The van der Waals surface area contributed by atoms with Gasteiger partial charge in [0.2, 0.25) is 0 Å². The van der Waals surface area contributed by atoms with Crippen LogP contribution in [0.15, 0.2) is 11.4 Å². The summed E-state index contributed by atoms with van der Waals surface area (Å²) in [5.41, 5.74) is 3.00. The van der Waals surface area contributed by atoms with Crippen molar-refractivity contribution in [3.05, 3.63) is 11.4 Å². The maximum Gasteiger partial charge on any atom is 0.0299 e. The highest BCUT2D eigenvalue weighted by atomic mass is 15.0. The Balaban J connectivity index is 2.00. The molecule has 2 N–H and O–H groups in total. The molecule has 0 atom stereocenters. The lowest BCUT2D eigenvalue weighted by Crippen LogP contribution is -2.29. The van der Waals surface area contributed by atoms with Crippen LogP contribution in [0, 0.1) is 0 Å². The van der Waals surface area contributed by atoms with E-state index in [1.165, 1.54) is 63.0 Å². The predicted octanol–water partition coefficient (Wildman–Crippen LogP) is 1.74.